The molecular weight excluding hydrogens is 286 g/mol. The molecule has 0 aromatic heterocycles. The summed E-state index contributed by atoms with van der Waals surface area (Å²) in [6.45, 7) is 0.729. The highest BCUT2D eigenvalue weighted by Gasteiger charge is 2.44. The molecule has 1 N–H and O–H groups in total. The summed E-state index contributed by atoms with van der Waals surface area (Å²) in [4.78, 5) is 12.1. The zero-order valence-electron chi connectivity index (χ0n) is 13.5. The molecule has 0 saturated heterocycles. The molecule has 1 aliphatic carbocycles. The summed E-state index contributed by atoms with van der Waals surface area (Å²) in [6, 6.07) is 18.4. The lowest BCUT2D eigenvalue weighted by Crippen LogP contribution is -2.32. The third-order valence-corrected chi connectivity index (χ3v) is 4.66. The Hall–Kier alpha value is -2.29. The van der Waals surface area contributed by atoms with E-state index in [-0.39, 0.29) is 11.3 Å². The number of nitrogens with one attached hydrogen (secondary N) is 1. The maximum atomic E-state index is 12.1. The van der Waals surface area contributed by atoms with Crippen molar-refractivity contribution < 1.29 is 9.53 Å². The zero-order valence-corrected chi connectivity index (χ0v) is 13.5. The monoisotopic (exact) mass is 309 g/mol. The standard InChI is InChI=1S/C20H23NO2/c1-23-18-10-8-17(9-11-18)20(13-14-20)15-21-19(22)12-7-16-5-3-2-4-6-16/h2-6,8-11H,7,12-15H2,1H3,(H,21,22). The first-order valence-corrected chi connectivity index (χ1v) is 8.17. The Bertz CT molecular complexity index is 645. The molecule has 0 bridgehead atoms. The Labute approximate surface area is 137 Å². The van der Waals surface area contributed by atoms with Gasteiger partial charge in [-0.1, -0.05) is 42.5 Å². The summed E-state index contributed by atoms with van der Waals surface area (Å²) in [5.41, 5.74) is 2.63. The molecule has 1 aliphatic rings. The van der Waals surface area contributed by atoms with Gasteiger partial charge in [0.15, 0.2) is 0 Å². The maximum Gasteiger partial charge on any atom is 0.220 e. The molecule has 2 aromatic carbocycles. The molecule has 3 heteroatoms. The van der Waals surface area contributed by atoms with Gasteiger partial charge in [0.1, 0.15) is 5.75 Å². The van der Waals surface area contributed by atoms with Crippen LogP contribution in [0.1, 0.15) is 30.4 Å². The van der Waals surface area contributed by atoms with Gasteiger partial charge in [0.25, 0.3) is 0 Å². The largest absolute Gasteiger partial charge is 0.497 e. The van der Waals surface area contributed by atoms with Crippen molar-refractivity contribution in [2.75, 3.05) is 13.7 Å². The molecule has 3 nitrogen and oxygen atoms in total. The van der Waals surface area contributed by atoms with Gasteiger partial charge in [-0.05, 0) is 42.5 Å². The van der Waals surface area contributed by atoms with Crippen molar-refractivity contribution in [3.8, 4) is 5.75 Å². The van der Waals surface area contributed by atoms with Crippen LogP contribution in [0.4, 0.5) is 0 Å². The molecule has 0 radical (unpaired) electrons. The molecule has 0 unspecified atom stereocenters. The van der Waals surface area contributed by atoms with Crippen LogP contribution in [-0.4, -0.2) is 19.6 Å². The first-order valence-electron chi connectivity index (χ1n) is 8.17. The number of amides is 1. The van der Waals surface area contributed by atoms with Crippen LogP contribution in [0.5, 0.6) is 5.75 Å². The van der Waals surface area contributed by atoms with Gasteiger partial charge in [-0.2, -0.15) is 0 Å². The second kappa shape index (κ2) is 6.86. The van der Waals surface area contributed by atoms with Crippen LogP contribution in [0, 0.1) is 0 Å². The predicted octanol–water partition coefficient (Wildman–Crippen LogP) is 3.48. The van der Waals surface area contributed by atoms with Gasteiger partial charge in [0, 0.05) is 18.4 Å². The molecule has 2 aromatic rings. The van der Waals surface area contributed by atoms with Crippen molar-refractivity contribution in [1.29, 1.82) is 0 Å². The fourth-order valence-electron chi connectivity index (χ4n) is 2.92. The Morgan fingerprint density at radius 3 is 2.39 bits per heavy atom. The topological polar surface area (TPSA) is 38.3 Å². The Balaban J connectivity index is 1.50. The molecule has 0 aliphatic heterocycles. The summed E-state index contributed by atoms with van der Waals surface area (Å²) in [5.74, 6) is 1.00. The minimum atomic E-state index is 0.133. The Morgan fingerprint density at radius 1 is 1.09 bits per heavy atom. The number of carbonyl (C=O) groups is 1. The molecule has 0 atom stereocenters. The van der Waals surface area contributed by atoms with Crippen molar-refractivity contribution >= 4 is 5.91 Å². The van der Waals surface area contributed by atoms with Crippen molar-refractivity contribution in [3.05, 3.63) is 65.7 Å². The Morgan fingerprint density at radius 2 is 1.78 bits per heavy atom. The number of ether oxygens (including phenoxy) is 1. The van der Waals surface area contributed by atoms with Gasteiger partial charge < -0.3 is 10.1 Å². The second-order valence-corrected chi connectivity index (χ2v) is 6.27. The van der Waals surface area contributed by atoms with E-state index in [9.17, 15) is 4.79 Å². The van der Waals surface area contributed by atoms with Gasteiger partial charge in [-0.25, -0.2) is 0 Å². The molecule has 1 fully saturated rings. The zero-order chi connectivity index (χ0) is 16.1. The van der Waals surface area contributed by atoms with E-state index in [2.05, 4.69) is 29.6 Å². The fraction of sp³-hybridized carbons (Fsp3) is 0.350. The number of benzene rings is 2. The molecule has 23 heavy (non-hydrogen) atoms. The number of rotatable bonds is 7. The van der Waals surface area contributed by atoms with Crippen molar-refractivity contribution in [2.45, 2.75) is 31.1 Å². The smallest absolute Gasteiger partial charge is 0.220 e. The summed E-state index contributed by atoms with van der Waals surface area (Å²) in [7, 11) is 1.68. The van der Waals surface area contributed by atoms with Gasteiger partial charge >= 0.3 is 0 Å². The van der Waals surface area contributed by atoms with Crippen LogP contribution < -0.4 is 10.1 Å². The number of methoxy groups -OCH3 is 1. The van der Waals surface area contributed by atoms with E-state index in [0.29, 0.717) is 6.42 Å². The van der Waals surface area contributed by atoms with Crippen LogP contribution in [-0.2, 0) is 16.6 Å². The Kier molecular flexibility index (Phi) is 4.65. The minimum absolute atomic E-state index is 0.133. The van der Waals surface area contributed by atoms with Crippen LogP contribution in [0.25, 0.3) is 0 Å². The van der Waals surface area contributed by atoms with E-state index >= 15 is 0 Å². The van der Waals surface area contributed by atoms with Crippen molar-refractivity contribution in [2.24, 2.45) is 0 Å². The van der Waals surface area contributed by atoms with Gasteiger partial charge in [-0.3, -0.25) is 4.79 Å². The maximum absolute atomic E-state index is 12.1. The second-order valence-electron chi connectivity index (χ2n) is 6.27. The van der Waals surface area contributed by atoms with E-state index in [1.165, 1.54) is 11.1 Å². The van der Waals surface area contributed by atoms with Gasteiger partial charge in [-0.15, -0.1) is 0 Å². The summed E-state index contributed by atoms with van der Waals surface area (Å²) >= 11 is 0. The van der Waals surface area contributed by atoms with E-state index in [1.807, 2.05) is 30.3 Å². The molecule has 0 heterocycles. The van der Waals surface area contributed by atoms with E-state index in [4.69, 9.17) is 4.74 Å². The summed E-state index contributed by atoms with van der Waals surface area (Å²) in [5, 5.41) is 3.11. The summed E-state index contributed by atoms with van der Waals surface area (Å²) < 4.78 is 5.20. The predicted molar refractivity (Wildman–Crippen MR) is 91.7 cm³/mol. The van der Waals surface area contributed by atoms with Crippen LogP contribution >= 0.6 is 0 Å². The molecule has 3 rings (SSSR count). The molecule has 1 amide bonds. The molecule has 1 saturated carbocycles. The van der Waals surface area contributed by atoms with Crippen LogP contribution in [0.15, 0.2) is 54.6 Å². The highest BCUT2D eigenvalue weighted by atomic mass is 16.5. The molecular formula is C20H23NO2. The number of hydrogen-bond acceptors (Lipinski definition) is 2. The SMILES string of the molecule is COc1ccc(C2(CNC(=O)CCc3ccccc3)CC2)cc1. The van der Waals surface area contributed by atoms with Crippen LogP contribution in [0.2, 0.25) is 0 Å². The highest BCUT2D eigenvalue weighted by molar-refractivity contribution is 5.76. The number of hydrogen-bond donors (Lipinski definition) is 1. The van der Waals surface area contributed by atoms with Crippen molar-refractivity contribution in [1.82, 2.24) is 5.32 Å². The van der Waals surface area contributed by atoms with Gasteiger partial charge in [0.05, 0.1) is 7.11 Å². The minimum Gasteiger partial charge on any atom is -0.497 e. The lowest BCUT2D eigenvalue weighted by Gasteiger charge is -2.17. The average molecular weight is 309 g/mol. The van der Waals surface area contributed by atoms with E-state index < -0.39 is 0 Å². The number of aryl methyl sites for hydroxylation is 1. The molecule has 0 spiro atoms. The lowest BCUT2D eigenvalue weighted by atomic mass is 9.95. The van der Waals surface area contributed by atoms with E-state index in [1.54, 1.807) is 7.11 Å². The summed E-state index contributed by atoms with van der Waals surface area (Å²) in [6.07, 6.45) is 3.61. The fourth-order valence-corrected chi connectivity index (χ4v) is 2.92. The highest BCUT2D eigenvalue weighted by Crippen LogP contribution is 2.47. The number of carbonyl (C=O) groups excluding carboxylic acids is 1. The first kappa shape index (κ1) is 15.6. The van der Waals surface area contributed by atoms with Crippen LogP contribution in [0.3, 0.4) is 0 Å². The normalized spacial score (nSPS) is 15.0. The van der Waals surface area contributed by atoms with Gasteiger partial charge in [0.2, 0.25) is 5.91 Å². The quantitative estimate of drug-likeness (QED) is 0.850. The third-order valence-electron chi connectivity index (χ3n) is 4.66. The molecule has 120 valence electrons. The lowest BCUT2D eigenvalue weighted by molar-refractivity contribution is -0.121. The van der Waals surface area contributed by atoms with Crippen molar-refractivity contribution in [3.63, 3.8) is 0 Å². The average Bonchev–Trinajstić information content (AvgIpc) is 3.40. The van der Waals surface area contributed by atoms with E-state index in [0.717, 1.165) is 31.6 Å². The first-order chi connectivity index (χ1) is 11.2. The third kappa shape index (κ3) is 3.92.